The predicted octanol–water partition coefficient (Wildman–Crippen LogP) is 2.89. The molecule has 0 saturated heterocycles. The third-order valence-corrected chi connectivity index (χ3v) is 1.56. The average Bonchev–Trinajstić information content (AvgIpc) is 1.97. The standard InChI is InChI=1S/C6H7F3INO/c1-4(12-2)3-5(11-10)6(7,8)9/h3H,1-2H3/b4-3-,11-5?. The van der Waals surface area contributed by atoms with Crippen LogP contribution in [0.25, 0.3) is 0 Å². The molecular weight excluding hydrogens is 286 g/mol. The highest BCUT2D eigenvalue weighted by Gasteiger charge is 2.34. The zero-order valence-corrected chi connectivity index (χ0v) is 8.60. The fourth-order valence-corrected chi connectivity index (χ4v) is 0.818. The van der Waals surface area contributed by atoms with Gasteiger partial charge in [-0.05, 0) is 6.92 Å². The molecule has 0 fully saturated rings. The monoisotopic (exact) mass is 293 g/mol. The Morgan fingerprint density at radius 2 is 2.00 bits per heavy atom. The van der Waals surface area contributed by atoms with Crippen LogP contribution in [0.1, 0.15) is 6.92 Å². The molecule has 0 atom stereocenters. The first kappa shape index (κ1) is 11.7. The Morgan fingerprint density at radius 1 is 1.50 bits per heavy atom. The first-order valence-corrected chi connectivity index (χ1v) is 3.86. The Hall–Kier alpha value is -0.270. The maximum atomic E-state index is 12.0. The molecule has 12 heavy (non-hydrogen) atoms. The molecule has 0 bridgehead atoms. The van der Waals surface area contributed by atoms with Crippen molar-refractivity contribution in [3.63, 3.8) is 0 Å². The number of allylic oxidation sites excluding steroid dienone is 2. The molecule has 0 amide bonds. The zero-order valence-electron chi connectivity index (χ0n) is 6.44. The van der Waals surface area contributed by atoms with E-state index < -0.39 is 11.9 Å². The summed E-state index contributed by atoms with van der Waals surface area (Å²) in [6, 6.07) is 0. The number of nitrogens with zero attached hydrogens (tertiary/aromatic N) is 1. The Labute approximate surface area is 82.0 Å². The second-order valence-electron chi connectivity index (χ2n) is 1.93. The number of hydrogen-bond donors (Lipinski definition) is 0. The summed E-state index contributed by atoms with van der Waals surface area (Å²) in [6.45, 7) is 1.42. The Kier molecular flexibility index (Phi) is 4.58. The molecule has 0 heterocycles. The van der Waals surface area contributed by atoms with Crippen molar-refractivity contribution in [3.05, 3.63) is 11.8 Å². The summed E-state index contributed by atoms with van der Waals surface area (Å²) in [5, 5.41) is 0. The third kappa shape index (κ3) is 3.93. The first-order valence-electron chi connectivity index (χ1n) is 2.90. The Morgan fingerprint density at radius 3 is 2.25 bits per heavy atom. The van der Waals surface area contributed by atoms with Gasteiger partial charge < -0.3 is 4.74 Å². The van der Waals surface area contributed by atoms with Gasteiger partial charge in [0.2, 0.25) is 0 Å². The molecule has 6 heteroatoms. The molecule has 0 radical (unpaired) electrons. The van der Waals surface area contributed by atoms with Crippen molar-refractivity contribution < 1.29 is 17.9 Å². The van der Waals surface area contributed by atoms with Crippen LogP contribution in [0.4, 0.5) is 13.2 Å². The van der Waals surface area contributed by atoms with Crippen LogP contribution in [0.15, 0.2) is 15.0 Å². The van der Waals surface area contributed by atoms with Gasteiger partial charge in [-0.1, -0.05) is 0 Å². The summed E-state index contributed by atoms with van der Waals surface area (Å²) >= 11 is 1.29. The second-order valence-corrected chi connectivity index (χ2v) is 2.41. The van der Waals surface area contributed by atoms with E-state index in [1.165, 1.54) is 36.9 Å². The number of methoxy groups -OCH3 is 1. The molecule has 0 aliphatic carbocycles. The summed E-state index contributed by atoms with van der Waals surface area (Å²) in [6.07, 6.45) is -3.58. The van der Waals surface area contributed by atoms with Crippen molar-refractivity contribution in [1.82, 2.24) is 0 Å². The molecule has 0 spiro atoms. The normalized spacial score (nSPS) is 14.8. The topological polar surface area (TPSA) is 21.6 Å². The molecule has 2 nitrogen and oxygen atoms in total. The van der Waals surface area contributed by atoms with Gasteiger partial charge in [0.15, 0.2) is 5.71 Å². The molecule has 0 aromatic heterocycles. The van der Waals surface area contributed by atoms with Crippen molar-refractivity contribution >= 4 is 28.6 Å². The van der Waals surface area contributed by atoms with Gasteiger partial charge in [-0.25, -0.2) is 3.21 Å². The quantitative estimate of drug-likeness (QED) is 0.436. The van der Waals surface area contributed by atoms with Gasteiger partial charge in [0.25, 0.3) is 0 Å². The summed E-state index contributed by atoms with van der Waals surface area (Å²) in [4.78, 5) is 0. The summed E-state index contributed by atoms with van der Waals surface area (Å²) in [7, 11) is 1.30. The van der Waals surface area contributed by atoms with Crippen LogP contribution in [0.3, 0.4) is 0 Å². The Balaban J connectivity index is 4.63. The van der Waals surface area contributed by atoms with Gasteiger partial charge in [0, 0.05) is 6.08 Å². The van der Waals surface area contributed by atoms with E-state index in [1.54, 1.807) is 0 Å². The highest BCUT2D eigenvalue weighted by Crippen LogP contribution is 2.20. The van der Waals surface area contributed by atoms with E-state index >= 15 is 0 Å². The largest absolute Gasteiger partial charge is 0.501 e. The predicted molar refractivity (Wildman–Crippen MR) is 48.3 cm³/mol. The SMILES string of the molecule is CO/C(C)=C\C(=NI)C(F)(F)F. The third-order valence-electron chi connectivity index (χ3n) is 1.04. The molecule has 0 unspecified atom stereocenters. The van der Waals surface area contributed by atoms with Crippen LogP contribution in [0.5, 0.6) is 0 Å². The van der Waals surface area contributed by atoms with E-state index in [0.717, 1.165) is 6.08 Å². The smallest absolute Gasteiger partial charge is 0.433 e. The van der Waals surface area contributed by atoms with E-state index in [-0.39, 0.29) is 5.76 Å². The van der Waals surface area contributed by atoms with Crippen molar-refractivity contribution in [2.75, 3.05) is 7.11 Å². The van der Waals surface area contributed by atoms with E-state index in [4.69, 9.17) is 0 Å². The molecular formula is C6H7F3INO. The lowest BCUT2D eigenvalue weighted by Crippen LogP contribution is -2.20. The van der Waals surface area contributed by atoms with Gasteiger partial charge in [-0.2, -0.15) is 13.2 Å². The van der Waals surface area contributed by atoms with Crippen LogP contribution in [-0.4, -0.2) is 19.0 Å². The minimum absolute atomic E-state index is 0.169. The minimum Gasteiger partial charge on any atom is -0.501 e. The first-order chi connectivity index (χ1) is 5.41. The van der Waals surface area contributed by atoms with Gasteiger partial charge in [-0.15, -0.1) is 0 Å². The van der Waals surface area contributed by atoms with Crippen LogP contribution in [-0.2, 0) is 4.74 Å². The molecule has 0 aromatic carbocycles. The van der Waals surface area contributed by atoms with Gasteiger partial charge in [0.1, 0.15) is 0 Å². The highest BCUT2D eigenvalue weighted by molar-refractivity contribution is 14.1. The van der Waals surface area contributed by atoms with E-state index in [2.05, 4.69) is 7.94 Å². The lowest BCUT2D eigenvalue weighted by atomic mass is 10.3. The fraction of sp³-hybridized carbons (Fsp3) is 0.500. The zero-order chi connectivity index (χ0) is 9.78. The second kappa shape index (κ2) is 4.68. The number of alkyl halides is 3. The van der Waals surface area contributed by atoms with E-state index in [0.29, 0.717) is 0 Å². The Bertz CT molecular complexity index is 209. The highest BCUT2D eigenvalue weighted by atomic mass is 127. The van der Waals surface area contributed by atoms with Gasteiger partial charge in [-0.3, -0.25) is 0 Å². The van der Waals surface area contributed by atoms with Crippen molar-refractivity contribution in [2.24, 2.45) is 3.21 Å². The van der Waals surface area contributed by atoms with E-state index in [9.17, 15) is 13.2 Å². The summed E-state index contributed by atoms with van der Waals surface area (Å²) in [5.74, 6) is 0.169. The fourth-order valence-electron chi connectivity index (χ4n) is 0.406. The molecule has 0 N–H and O–H groups in total. The van der Waals surface area contributed by atoms with Crippen LogP contribution in [0.2, 0.25) is 0 Å². The molecule has 0 rings (SSSR count). The summed E-state index contributed by atoms with van der Waals surface area (Å²) < 4.78 is 43.6. The molecule has 0 aromatic rings. The average molecular weight is 293 g/mol. The summed E-state index contributed by atoms with van der Waals surface area (Å²) in [5.41, 5.74) is -0.956. The van der Waals surface area contributed by atoms with Crippen molar-refractivity contribution in [3.8, 4) is 0 Å². The number of hydrogen-bond acceptors (Lipinski definition) is 2. The van der Waals surface area contributed by atoms with Crippen LogP contribution >= 0.6 is 22.9 Å². The van der Waals surface area contributed by atoms with Gasteiger partial charge in [0.05, 0.1) is 35.7 Å². The number of ether oxygens (including phenoxy) is 1. The van der Waals surface area contributed by atoms with Crippen molar-refractivity contribution in [2.45, 2.75) is 13.1 Å². The van der Waals surface area contributed by atoms with Crippen LogP contribution in [0, 0.1) is 0 Å². The van der Waals surface area contributed by atoms with E-state index in [1.807, 2.05) is 0 Å². The van der Waals surface area contributed by atoms with Crippen LogP contribution < -0.4 is 0 Å². The molecule has 0 saturated carbocycles. The maximum Gasteiger partial charge on any atom is 0.433 e. The number of halogens is 4. The molecule has 0 aliphatic rings. The molecule has 0 aliphatic heterocycles. The maximum absolute atomic E-state index is 12.0. The van der Waals surface area contributed by atoms with Gasteiger partial charge >= 0.3 is 6.18 Å². The van der Waals surface area contributed by atoms with Crippen molar-refractivity contribution in [1.29, 1.82) is 0 Å². The minimum atomic E-state index is -4.42. The number of rotatable bonds is 2. The lowest BCUT2D eigenvalue weighted by Gasteiger charge is -2.05. The lowest BCUT2D eigenvalue weighted by molar-refractivity contribution is -0.0575. The molecule has 70 valence electrons.